The molecule has 3 aliphatic rings. The third-order valence-corrected chi connectivity index (χ3v) is 9.01. The third kappa shape index (κ3) is 15.2. The van der Waals surface area contributed by atoms with Crippen molar-refractivity contribution in [3.05, 3.63) is 24.5 Å². The molecule has 0 spiro atoms. The van der Waals surface area contributed by atoms with Gasteiger partial charge in [-0.15, -0.1) is 10.2 Å². The molecule has 0 unspecified atom stereocenters. The molecule has 1 amide bonds. The average molecular weight is 690 g/mol. The summed E-state index contributed by atoms with van der Waals surface area (Å²) in [6.45, 7) is 17.8. The van der Waals surface area contributed by atoms with Crippen molar-refractivity contribution in [2.75, 3.05) is 65.6 Å². The van der Waals surface area contributed by atoms with E-state index in [1.165, 1.54) is 64.5 Å². The smallest absolute Gasteiger partial charge is 0.414 e. The second-order valence-corrected chi connectivity index (χ2v) is 14.0. The summed E-state index contributed by atoms with van der Waals surface area (Å²) in [6.07, 6.45) is 16.8. The van der Waals surface area contributed by atoms with Crippen molar-refractivity contribution in [2.24, 2.45) is 0 Å². The zero-order chi connectivity index (χ0) is 35.6. The second kappa shape index (κ2) is 20.8. The lowest BCUT2D eigenvalue weighted by atomic mass is 9.96. The number of carboxylic acid groups (broad SMARTS) is 2. The van der Waals surface area contributed by atoms with Crippen LogP contribution in [0.1, 0.15) is 97.9 Å². The van der Waals surface area contributed by atoms with Crippen LogP contribution in [0, 0.1) is 0 Å². The van der Waals surface area contributed by atoms with Crippen LogP contribution < -0.4 is 9.47 Å². The Labute approximate surface area is 291 Å². The molecule has 1 saturated carbocycles. The Kier molecular flexibility index (Phi) is 16.9. The van der Waals surface area contributed by atoms with E-state index < -0.39 is 11.9 Å². The van der Waals surface area contributed by atoms with E-state index in [-0.39, 0.29) is 11.4 Å². The molecule has 2 saturated heterocycles. The van der Waals surface area contributed by atoms with Gasteiger partial charge in [0.2, 0.25) is 17.7 Å². The van der Waals surface area contributed by atoms with Gasteiger partial charge in [0.15, 0.2) is 0 Å². The fraction of sp³-hybridized carbons (Fsp3) is 0.743. The van der Waals surface area contributed by atoms with E-state index in [0.29, 0.717) is 6.04 Å². The Morgan fingerprint density at radius 1 is 0.735 bits per heavy atom. The highest BCUT2D eigenvalue weighted by molar-refractivity contribution is 6.27. The molecule has 3 fully saturated rings. The van der Waals surface area contributed by atoms with Gasteiger partial charge in [-0.3, -0.25) is 24.0 Å². The van der Waals surface area contributed by atoms with Crippen molar-refractivity contribution in [1.29, 1.82) is 0 Å². The summed E-state index contributed by atoms with van der Waals surface area (Å²) >= 11 is 0. The summed E-state index contributed by atoms with van der Waals surface area (Å²) in [4.78, 5) is 36.4. The molecule has 0 atom stereocenters. The molecule has 0 aromatic carbocycles. The predicted molar refractivity (Wildman–Crippen MR) is 186 cm³/mol. The molecule has 1 aliphatic carbocycles. The van der Waals surface area contributed by atoms with Gasteiger partial charge in [0, 0.05) is 64.2 Å². The number of carbonyl (C=O) groups excluding carboxylic acids is 1. The summed E-state index contributed by atoms with van der Waals surface area (Å²) in [5.41, 5.74) is 0.0223. The Bertz CT molecular complexity index is 1240. The first-order valence-corrected chi connectivity index (χ1v) is 18.0. The number of hydrogen-bond acceptors (Lipinski definition) is 9. The van der Waals surface area contributed by atoms with Crippen LogP contribution in [-0.2, 0) is 19.9 Å². The number of hydrogen-bond donors (Lipinski definition) is 2. The fourth-order valence-electron chi connectivity index (χ4n) is 6.07. The SMILES string of the molecule is CC(=O)N1CCN(CCCCOc2ccn(C3CCCCC3)n2)CC1.CC(C)(C)n1ccc(OCCN2CCCCC2)n1.O=C(O)C(=O)O. The number of amides is 1. The number of aromatic nitrogens is 4. The van der Waals surface area contributed by atoms with Gasteiger partial charge in [-0.05, 0) is 78.9 Å². The summed E-state index contributed by atoms with van der Waals surface area (Å²) in [7, 11) is 0. The van der Waals surface area contributed by atoms with Crippen LogP contribution in [0.15, 0.2) is 24.5 Å². The van der Waals surface area contributed by atoms with Crippen LogP contribution in [0.25, 0.3) is 0 Å². The minimum absolute atomic E-state index is 0.0223. The van der Waals surface area contributed by atoms with Crippen LogP contribution >= 0.6 is 0 Å². The van der Waals surface area contributed by atoms with Crippen molar-refractivity contribution in [1.82, 2.24) is 34.3 Å². The number of piperazine rings is 1. The Hall–Kier alpha value is -3.65. The number of ether oxygens (including phenoxy) is 2. The summed E-state index contributed by atoms with van der Waals surface area (Å²) in [5.74, 6) is -1.95. The van der Waals surface area contributed by atoms with Gasteiger partial charge in [0.1, 0.15) is 6.61 Å². The molecule has 49 heavy (non-hydrogen) atoms. The number of carboxylic acids is 2. The number of piperidine rings is 1. The lowest BCUT2D eigenvalue weighted by Gasteiger charge is -2.34. The first-order valence-electron chi connectivity index (χ1n) is 18.0. The number of unbranched alkanes of at least 4 members (excludes halogenated alkanes) is 1. The lowest BCUT2D eigenvalue weighted by molar-refractivity contribution is -0.159. The second-order valence-electron chi connectivity index (χ2n) is 14.0. The maximum Gasteiger partial charge on any atom is 0.414 e. The van der Waals surface area contributed by atoms with Crippen LogP contribution in [0.2, 0.25) is 0 Å². The van der Waals surface area contributed by atoms with Gasteiger partial charge in [0.05, 0.1) is 18.2 Å². The number of nitrogens with zero attached hydrogens (tertiary/aromatic N) is 7. The first-order chi connectivity index (χ1) is 23.4. The number of rotatable bonds is 11. The highest BCUT2D eigenvalue weighted by Gasteiger charge is 2.19. The summed E-state index contributed by atoms with van der Waals surface area (Å²) < 4.78 is 15.6. The number of likely N-dealkylation sites (tertiary alicyclic amines) is 1. The molecule has 14 heteroatoms. The van der Waals surface area contributed by atoms with Gasteiger partial charge in [-0.1, -0.05) is 25.7 Å². The minimum Gasteiger partial charge on any atom is -0.477 e. The van der Waals surface area contributed by atoms with E-state index in [4.69, 9.17) is 29.3 Å². The van der Waals surface area contributed by atoms with E-state index in [9.17, 15) is 4.79 Å². The largest absolute Gasteiger partial charge is 0.477 e. The molecule has 5 rings (SSSR count). The quantitative estimate of drug-likeness (QED) is 0.255. The van der Waals surface area contributed by atoms with E-state index in [1.54, 1.807) is 6.92 Å². The van der Waals surface area contributed by atoms with Crippen molar-refractivity contribution in [3.63, 3.8) is 0 Å². The van der Waals surface area contributed by atoms with E-state index in [0.717, 1.165) is 77.1 Å². The molecule has 0 bridgehead atoms. The molecule has 276 valence electrons. The van der Waals surface area contributed by atoms with E-state index in [2.05, 4.69) is 51.6 Å². The minimum atomic E-state index is -1.82. The Morgan fingerprint density at radius 2 is 1.31 bits per heavy atom. The number of aliphatic carboxylic acids is 2. The molecular formula is C35H59N7O7. The zero-order valence-electron chi connectivity index (χ0n) is 30.1. The lowest BCUT2D eigenvalue weighted by Crippen LogP contribution is -2.48. The fourth-order valence-corrected chi connectivity index (χ4v) is 6.07. The summed E-state index contributed by atoms with van der Waals surface area (Å²) in [6, 6.07) is 4.51. The van der Waals surface area contributed by atoms with Crippen LogP contribution in [0.5, 0.6) is 11.8 Å². The van der Waals surface area contributed by atoms with Crippen LogP contribution in [0.3, 0.4) is 0 Å². The number of carbonyl (C=O) groups is 3. The summed E-state index contributed by atoms with van der Waals surface area (Å²) in [5, 5.41) is 23.8. The topological polar surface area (TPSA) is 155 Å². The molecular weight excluding hydrogens is 630 g/mol. The normalized spacial score (nSPS) is 17.7. The monoisotopic (exact) mass is 689 g/mol. The molecule has 14 nitrogen and oxygen atoms in total. The molecule has 2 aliphatic heterocycles. The zero-order valence-corrected chi connectivity index (χ0v) is 30.1. The maximum absolute atomic E-state index is 11.3. The predicted octanol–water partition coefficient (Wildman–Crippen LogP) is 4.37. The third-order valence-electron chi connectivity index (χ3n) is 9.01. The van der Waals surface area contributed by atoms with Crippen molar-refractivity contribution < 1.29 is 34.1 Å². The highest BCUT2D eigenvalue weighted by Crippen LogP contribution is 2.28. The van der Waals surface area contributed by atoms with Crippen molar-refractivity contribution in [3.8, 4) is 11.8 Å². The molecule has 2 aromatic heterocycles. The van der Waals surface area contributed by atoms with Gasteiger partial charge in [0.25, 0.3) is 0 Å². The molecule has 4 heterocycles. The van der Waals surface area contributed by atoms with Gasteiger partial charge in [-0.25, -0.2) is 9.59 Å². The van der Waals surface area contributed by atoms with Gasteiger partial charge >= 0.3 is 11.9 Å². The standard InChI is InChI=1S/C19H32N4O2.C14H25N3O.C2H2O4/c1-17(24)22-14-12-21(13-15-22)10-5-6-16-25-19-9-11-23(20-19)18-7-3-2-4-8-18;1-14(2,3)17-10-7-13(15-17)18-12-11-16-8-5-4-6-9-16;3-1(4)2(5)6/h9,11,18H,2-8,10,12-16H2,1H3;7,10H,4-6,8-9,11-12H2,1-3H3;(H,3,4)(H,5,6). The van der Waals surface area contributed by atoms with Gasteiger partial charge in [-0.2, -0.15) is 0 Å². The Morgan fingerprint density at radius 3 is 1.90 bits per heavy atom. The maximum atomic E-state index is 11.3. The molecule has 2 N–H and O–H groups in total. The van der Waals surface area contributed by atoms with Crippen molar-refractivity contribution in [2.45, 2.75) is 103 Å². The average Bonchev–Trinajstić information content (AvgIpc) is 3.77. The Balaban J connectivity index is 0.000000236. The van der Waals surface area contributed by atoms with Crippen LogP contribution in [-0.4, -0.2) is 128 Å². The molecule has 2 aromatic rings. The van der Waals surface area contributed by atoms with E-state index in [1.807, 2.05) is 27.9 Å². The first kappa shape index (κ1) is 39.8. The van der Waals surface area contributed by atoms with Crippen molar-refractivity contribution >= 4 is 17.8 Å². The van der Waals surface area contributed by atoms with E-state index >= 15 is 0 Å². The molecule has 0 radical (unpaired) electrons. The van der Waals surface area contributed by atoms with Crippen LogP contribution in [0.4, 0.5) is 0 Å². The van der Waals surface area contributed by atoms with Gasteiger partial charge < -0.3 is 24.6 Å². The highest BCUT2D eigenvalue weighted by atomic mass is 16.5.